The number of hydrogen-bond donors (Lipinski definition) is 6. The average molecular weight is 561 g/mol. The molecule has 0 bridgehead atoms. The van der Waals surface area contributed by atoms with Crippen molar-refractivity contribution in [1.82, 2.24) is 21.0 Å². The van der Waals surface area contributed by atoms with Gasteiger partial charge in [0.05, 0.1) is 19.6 Å². The first kappa shape index (κ1) is 32.7. The van der Waals surface area contributed by atoms with Crippen molar-refractivity contribution in [3.05, 3.63) is 0 Å². The van der Waals surface area contributed by atoms with E-state index in [-0.39, 0.29) is 64.2 Å². The van der Waals surface area contributed by atoms with Gasteiger partial charge in [-0.1, -0.05) is 0 Å². The van der Waals surface area contributed by atoms with Gasteiger partial charge < -0.3 is 40.8 Å². The zero-order valence-corrected chi connectivity index (χ0v) is 21.0. The number of nitrogens with one attached hydrogen (secondary N) is 3. The lowest BCUT2D eigenvalue weighted by atomic mass is 10.1. The van der Waals surface area contributed by atoms with Gasteiger partial charge in [-0.2, -0.15) is 0 Å². The SMILES string of the molecule is O=C(O)CCC(NC(=O)NC(CCCCNC(=O)CCOCCC(=O)ON1C(=O)CCC1=O)C(=O)O)C(=O)O. The van der Waals surface area contributed by atoms with Crippen LogP contribution in [0.5, 0.6) is 0 Å². The molecule has 6 N–H and O–H groups in total. The van der Waals surface area contributed by atoms with Crippen molar-refractivity contribution in [3.8, 4) is 0 Å². The Morgan fingerprint density at radius 2 is 1.36 bits per heavy atom. The van der Waals surface area contributed by atoms with Crippen molar-refractivity contribution in [2.24, 2.45) is 0 Å². The molecule has 0 aromatic heterocycles. The molecule has 0 aromatic carbocycles. The van der Waals surface area contributed by atoms with E-state index >= 15 is 0 Å². The number of nitrogens with zero attached hydrogens (tertiary/aromatic N) is 1. The van der Waals surface area contributed by atoms with E-state index in [2.05, 4.69) is 15.5 Å². The summed E-state index contributed by atoms with van der Waals surface area (Å²) < 4.78 is 5.16. The van der Waals surface area contributed by atoms with Gasteiger partial charge in [0, 0.05) is 32.2 Å². The van der Waals surface area contributed by atoms with Gasteiger partial charge in [0.1, 0.15) is 12.1 Å². The fraction of sp³-hybridized carbons (Fsp3) is 0.636. The van der Waals surface area contributed by atoms with E-state index in [1.807, 2.05) is 5.32 Å². The third-order valence-corrected chi connectivity index (χ3v) is 5.22. The molecule has 5 amide bonds. The van der Waals surface area contributed by atoms with Crippen LogP contribution in [0.3, 0.4) is 0 Å². The van der Waals surface area contributed by atoms with E-state index in [4.69, 9.17) is 14.9 Å². The Morgan fingerprint density at radius 3 is 1.92 bits per heavy atom. The number of carbonyl (C=O) groups is 8. The molecule has 1 saturated heterocycles. The quantitative estimate of drug-likeness (QED) is 0.0798. The molecule has 2 unspecified atom stereocenters. The fourth-order valence-corrected chi connectivity index (χ4v) is 3.16. The Balaban J connectivity index is 2.18. The van der Waals surface area contributed by atoms with Gasteiger partial charge in [-0.05, 0) is 25.7 Å². The number of imide groups is 1. The van der Waals surface area contributed by atoms with E-state index < -0.39 is 60.2 Å². The molecule has 0 saturated carbocycles. The molecule has 1 aliphatic rings. The Bertz CT molecular complexity index is 923. The van der Waals surface area contributed by atoms with Crippen LogP contribution in [0.15, 0.2) is 0 Å². The molecule has 2 atom stereocenters. The predicted octanol–water partition coefficient (Wildman–Crippen LogP) is -1.25. The summed E-state index contributed by atoms with van der Waals surface area (Å²) in [6.07, 6.45) is -0.516. The maximum Gasteiger partial charge on any atom is 0.335 e. The smallest absolute Gasteiger partial charge is 0.335 e. The van der Waals surface area contributed by atoms with E-state index in [1.54, 1.807) is 0 Å². The number of urea groups is 1. The molecule has 0 radical (unpaired) electrons. The summed E-state index contributed by atoms with van der Waals surface area (Å²) in [5, 5.41) is 34.2. The van der Waals surface area contributed by atoms with Crippen molar-refractivity contribution < 1.29 is 63.3 Å². The van der Waals surface area contributed by atoms with E-state index in [9.17, 15) is 43.5 Å². The van der Waals surface area contributed by atoms with Crippen LogP contribution < -0.4 is 16.0 Å². The maximum absolute atomic E-state index is 12.0. The summed E-state index contributed by atoms with van der Waals surface area (Å²) in [5.41, 5.74) is 0. The molecular formula is C22H32N4O13. The average Bonchev–Trinajstić information content (AvgIpc) is 3.16. The number of aliphatic carboxylic acids is 3. The number of carboxylic acids is 3. The second-order valence-corrected chi connectivity index (χ2v) is 8.34. The Labute approximate surface area is 222 Å². The van der Waals surface area contributed by atoms with Crippen LogP contribution in [0, 0.1) is 0 Å². The lowest BCUT2D eigenvalue weighted by Gasteiger charge is -2.18. The van der Waals surface area contributed by atoms with Crippen LogP contribution in [-0.2, 0) is 43.1 Å². The maximum atomic E-state index is 12.0. The Morgan fingerprint density at radius 1 is 0.795 bits per heavy atom. The largest absolute Gasteiger partial charge is 0.481 e. The molecule has 17 heteroatoms. The minimum Gasteiger partial charge on any atom is -0.481 e. The van der Waals surface area contributed by atoms with Crippen molar-refractivity contribution in [1.29, 1.82) is 0 Å². The molecule has 1 rings (SSSR count). The molecule has 1 aliphatic heterocycles. The number of hydrogen-bond acceptors (Lipinski definition) is 10. The van der Waals surface area contributed by atoms with Gasteiger partial charge in [-0.25, -0.2) is 19.2 Å². The van der Waals surface area contributed by atoms with E-state index in [0.717, 1.165) is 0 Å². The van der Waals surface area contributed by atoms with E-state index in [1.165, 1.54) is 0 Å². The van der Waals surface area contributed by atoms with Crippen LogP contribution in [0.2, 0.25) is 0 Å². The van der Waals surface area contributed by atoms with Gasteiger partial charge in [0.25, 0.3) is 11.8 Å². The number of ether oxygens (including phenoxy) is 1. The minimum absolute atomic E-state index is 0.00932. The standard InChI is InChI=1S/C22H32N4O13/c27-15(8-11-38-12-9-19(32)39-26-16(28)5-6-17(26)29)23-10-2-1-3-13(20(33)34)24-22(37)25-14(21(35)36)4-7-18(30)31/h13-14H,1-12H2,(H,23,27)(H,30,31)(H,33,34)(H,35,36)(H2,24,25,37). The van der Waals surface area contributed by atoms with Gasteiger partial charge in [-0.15, -0.1) is 5.06 Å². The highest BCUT2D eigenvalue weighted by atomic mass is 16.7. The summed E-state index contributed by atoms with van der Waals surface area (Å²) in [6, 6.07) is -3.91. The molecular weight excluding hydrogens is 528 g/mol. The fourth-order valence-electron chi connectivity index (χ4n) is 3.16. The molecule has 0 spiro atoms. The number of hydroxylamine groups is 2. The van der Waals surface area contributed by atoms with Crippen LogP contribution in [0.25, 0.3) is 0 Å². The zero-order chi connectivity index (χ0) is 29.4. The first-order chi connectivity index (χ1) is 18.4. The number of rotatable bonds is 19. The molecule has 1 heterocycles. The van der Waals surface area contributed by atoms with Gasteiger partial charge in [0.15, 0.2) is 0 Å². The second kappa shape index (κ2) is 17.3. The third-order valence-electron chi connectivity index (χ3n) is 5.22. The summed E-state index contributed by atoms with van der Waals surface area (Å²) in [4.78, 5) is 96.0. The lowest BCUT2D eigenvalue weighted by molar-refractivity contribution is -0.198. The van der Waals surface area contributed by atoms with Crippen molar-refractivity contribution in [2.75, 3.05) is 19.8 Å². The minimum atomic E-state index is -1.50. The number of carbonyl (C=O) groups excluding carboxylic acids is 5. The highest BCUT2D eigenvalue weighted by Gasteiger charge is 2.32. The normalized spacial score (nSPS) is 14.3. The monoisotopic (exact) mass is 560 g/mol. The summed E-state index contributed by atoms with van der Waals surface area (Å²) in [5.74, 6) is -6.44. The molecule has 39 heavy (non-hydrogen) atoms. The molecule has 218 valence electrons. The van der Waals surface area contributed by atoms with Crippen molar-refractivity contribution in [2.45, 2.75) is 69.9 Å². The van der Waals surface area contributed by atoms with Crippen molar-refractivity contribution in [3.63, 3.8) is 0 Å². The van der Waals surface area contributed by atoms with Crippen LogP contribution in [0.1, 0.15) is 57.8 Å². The zero-order valence-electron chi connectivity index (χ0n) is 21.0. The lowest BCUT2D eigenvalue weighted by Crippen LogP contribution is -2.51. The first-order valence-corrected chi connectivity index (χ1v) is 12.1. The molecule has 17 nitrogen and oxygen atoms in total. The second-order valence-electron chi connectivity index (χ2n) is 8.34. The molecule has 1 fully saturated rings. The topological polar surface area (TPSA) is 255 Å². The summed E-state index contributed by atoms with van der Waals surface area (Å²) in [6.45, 7) is 0.106. The summed E-state index contributed by atoms with van der Waals surface area (Å²) >= 11 is 0. The Hall–Kier alpha value is -4.28. The third kappa shape index (κ3) is 13.7. The highest BCUT2D eigenvalue weighted by Crippen LogP contribution is 2.12. The van der Waals surface area contributed by atoms with Crippen LogP contribution in [0.4, 0.5) is 4.79 Å². The Kier molecular flexibility index (Phi) is 14.5. The van der Waals surface area contributed by atoms with Crippen LogP contribution >= 0.6 is 0 Å². The predicted molar refractivity (Wildman–Crippen MR) is 125 cm³/mol. The highest BCUT2D eigenvalue weighted by molar-refractivity contribution is 6.01. The van der Waals surface area contributed by atoms with Gasteiger partial charge in [0.2, 0.25) is 5.91 Å². The van der Waals surface area contributed by atoms with Gasteiger partial charge >= 0.3 is 29.9 Å². The first-order valence-electron chi connectivity index (χ1n) is 12.1. The molecule has 0 aliphatic carbocycles. The van der Waals surface area contributed by atoms with Crippen molar-refractivity contribution >= 4 is 47.6 Å². The van der Waals surface area contributed by atoms with Crippen LogP contribution in [-0.4, -0.2) is 99.9 Å². The van der Waals surface area contributed by atoms with Gasteiger partial charge in [-0.3, -0.25) is 19.2 Å². The molecule has 0 aromatic rings. The number of amides is 5. The van der Waals surface area contributed by atoms with E-state index in [0.29, 0.717) is 17.9 Å². The number of unbranched alkanes of at least 4 members (excludes halogenated alkanes) is 1. The summed E-state index contributed by atoms with van der Waals surface area (Å²) in [7, 11) is 0. The number of carboxylic acid groups (broad SMARTS) is 3.